The van der Waals surface area contributed by atoms with Gasteiger partial charge in [0, 0.05) is 17.9 Å². The summed E-state index contributed by atoms with van der Waals surface area (Å²) in [7, 11) is 0. The van der Waals surface area contributed by atoms with Gasteiger partial charge in [0.1, 0.15) is 6.10 Å². The van der Waals surface area contributed by atoms with Crippen molar-refractivity contribution in [2.45, 2.75) is 32.8 Å². The highest BCUT2D eigenvalue weighted by Gasteiger charge is 2.24. The first kappa shape index (κ1) is 10.2. The van der Waals surface area contributed by atoms with Gasteiger partial charge < -0.3 is 10.1 Å². The summed E-state index contributed by atoms with van der Waals surface area (Å²) in [5, 5.41) is 9.61. The zero-order valence-electron chi connectivity index (χ0n) is 8.96. The lowest BCUT2D eigenvalue weighted by molar-refractivity contribution is -0.124. The smallest absolute Gasteiger partial charge is 0.254 e. The number of H-pyrrole nitrogens is 1. The zero-order chi connectivity index (χ0) is 10.8. The van der Waals surface area contributed by atoms with E-state index >= 15 is 0 Å². The van der Waals surface area contributed by atoms with Crippen LogP contribution in [0.15, 0.2) is 0 Å². The number of hydrogen-bond acceptors (Lipinski definition) is 3. The summed E-state index contributed by atoms with van der Waals surface area (Å²) < 4.78 is 5.28. The number of aromatic amines is 1. The van der Waals surface area contributed by atoms with Gasteiger partial charge in [0.15, 0.2) is 5.82 Å². The van der Waals surface area contributed by atoms with Crippen molar-refractivity contribution in [2.24, 2.45) is 0 Å². The first-order valence-corrected chi connectivity index (χ1v) is 5.12. The van der Waals surface area contributed by atoms with E-state index in [0.717, 1.165) is 24.1 Å². The quantitative estimate of drug-likeness (QED) is 0.767. The molecule has 2 rings (SSSR count). The summed E-state index contributed by atoms with van der Waals surface area (Å²) in [6, 6.07) is 0. The van der Waals surface area contributed by atoms with Crippen LogP contribution in [0.3, 0.4) is 0 Å². The molecule has 1 aliphatic heterocycles. The summed E-state index contributed by atoms with van der Waals surface area (Å²) in [5.41, 5.74) is 1.94. The Kier molecular flexibility index (Phi) is 2.73. The molecule has 15 heavy (non-hydrogen) atoms. The summed E-state index contributed by atoms with van der Waals surface area (Å²) in [4.78, 5) is 11.7. The lowest BCUT2D eigenvalue weighted by atomic mass is 10.2. The van der Waals surface area contributed by atoms with Crippen molar-refractivity contribution < 1.29 is 9.53 Å². The van der Waals surface area contributed by atoms with Crippen LogP contribution in [0.1, 0.15) is 24.1 Å². The maximum absolute atomic E-state index is 11.7. The summed E-state index contributed by atoms with van der Waals surface area (Å²) in [6.07, 6.45) is 1.45. The lowest BCUT2D eigenvalue weighted by Crippen LogP contribution is -2.27. The molecule has 82 valence electrons. The standard InChI is InChI=1S/C10H15N3O2/c1-6-7(2)12-13-9(6)11-10(14)8-4-3-5-15-8/h8H,3-5H2,1-2H3,(H2,11,12,13,14)/t8-/m1/s1. The Morgan fingerprint density at radius 1 is 1.60 bits per heavy atom. The molecule has 1 aromatic rings. The minimum Gasteiger partial charge on any atom is -0.368 e. The van der Waals surface area contributed by atoms with Gasteiger partial charge >= 0.3 is 0 Å². The highest BCUT2D eigenvalue weighted by molar-refractivity contribution is 5.94. The van der Waals surface area contributed by atoms with E-state index in [1.165, 1.54) is 0 Å². The number of carbonyl (C=O) groups excluding carboxylic acids is 1. The number of anilines is 1. The van der Waals surface area contributed by atoms with Gasteiger partial charge in [0.05, 0.1) is 0 Å². The van der Waals surface area contributed by atoms with Crippen LogP contribution in [0.2, 0.25) is 0 Å². The van der Waals surface area contributed by atoms with E-state index in [9.17, 15) is 4.79 Å². The summed E-state index contributed by atoms with van der Waals surface area (Å²) in [6.45, 7) is 4.52. The van der Waals surface area contributed by atoms with Gasteiger partial charge in [0.2, 0.25) is 0 Å². The Balaban J connectivity index is 2.02. The van der Waals surface area contributed by atoms with Gasteiger partial charge in [0.25, 0.3) is 5.91 Å². The van der Waals surface area contributed by atoms with E-state index in [-0.39, 0.29) is 12.0 Å². The number of hydrogen-bond donors (Lipinski definition) is 2. The minimum atomic E-state index is -0.304. The number of aromatic nitrogens is 2. The van der Waals surface area contributed by atoms with Crippen LogP contribution in [-0.2, 0) is 9.53 Å². The minimum absolute atomic E-state index is 0.0953. The third kappa shape index (κ3) is 2.02. The summed E-state index contributed by atoms with van der Waals surface area (Å²) in [5.74, 6) is 0.509. The van der Waals surface area contributed by atoms with Crippen molar-refractivity contribution in [3.05, 3.63) is 11.3 Å². The molecule has 0 saturated carbocycles. The van der Waals surface area contributed by atoms with E-state index < -0.39 is 0 Å². The van der Waals surface area contributed by atoms with Crippen molar-refractivity contribution in [2.75, 3.05) is 11.9 Å². The van der Waals surface area contributed by atoms with Gasteiger partial charge in [-0.1, -0.05) is 0 Å². The van der Waals surface area contributed by atoms with E-state index in [0.29, 0.717) is 12.4 Å². The molecular formula is C10H15N3O2. The molecule has 2 heterocycles. The number of amides is 1. The van der Waals surface area contributed by atoms with E-state index in [4.69, 9.17) is 4.74 Å². The Bertz CT molecular complexity index is 367. The van der Waals surface area contributed by atoms with Crippen molar-refractivity contribution in [3.63, 3.8) is 0 Å². The fourth-order valence-corrected chi connectivity index (χ4v) is 1.59. The predicted molar refractivity (Wildman–Crippen MR) is 55.7 cm³/mol. The maximum atomic E-state index is 11.7. The Morgan fingerprint density at radius 3 is 2.93 bits per heavy atom. The molecule has 5 nitrogen and oxygen atoms in total. The molecule has 0 unspecified atom stereocenters. The molecule has 5 heteroatoms. The third-order valence-electron chi connectivity index (χ3n) is 2.72. The zero-order valence-corrected chi connectivity index (χ0v) is 8.96. The van der Waals surface area contributed by atoms with Gasteiger partial charge in [-0.2, -0.15) is 5.10 Å². The van der Waals surface area contributed by atoms with Crippen LogP contribution in [-0.4, -0.2) is 28.8 Å². The molecule has 1 atom stereocenters. The van der Waals surface area contributed by atoms with E-state index in [1.54, 1.807) is 0 Å². The number of rotatable bonds is 2. The van der Waals surface area contributed by atoms with Crippen molar-refractivity contribution in [3.8, 4) is 0 Å². The van der Waals surface area contributed by atoms with E-state index in [1.807, 2.05) is 13.8 Å². The molecule has 1 saturated heterocycles. The number of nitrogens with zero attached hydrogens (tertiary/aromatic N) is 1. The fraction of sp³-hybridized carbons (Fsp3) is 0.600. The molecular weight excluding hydrogens is 194 g/mol. The van der Waals surface area contributed by atoms with Crippen LogP contribution in [0.25, 0.3) is 0 Å². The molecule has 1 aromatic heterocycles. The average molecular weight is 209 g/mol. The van der Waals surface area contributed by atoms with Crippen molar-refractivity contribution in [1.82, 2.24) is 10.2 Å². The molecule has 0 bridgehead atoms. The SMILES string of the molecule is Cc1[nH]nc(NC(=O)[C@H]2CCCO2)c1C. The van der Waals surface area contributed by atoms with Gasteiger partial charge in [-0.05, 0) is 26.7 Å². The molecule has 0 spiro atoms. The normalized spacial score (nSPS) is 20.5. The second-order valence-corrected chi connectivity index (χ2v) is 3.81. The summed E-state index contributed by atoms with van der Waals surface area (Å²) >= 11 is 0. The predicted octanol–water partition coefficient (Wildman–Crippen LogP) is 1.14. The number of ether oxygens (including phenoxy) is 1. The molecule has 1 aliphatic rings. The molecule has 1 fully saturated rings. The van der Waals surface area contributed by atoms with Crippen LogP contribution in [0, 0.1) is 13.8 Å². The highest BCUT2D eigenvalue weighted by atomic mass is 16.5. The van der Waals surface area contributed by atoms with Gasteiger partial charge in [-0.25, -0.2) is 0 Å². The highest BCUT2D eigenvalue weighted by Crippen LogP contribution is 2.17. The first-order chi connectivity index (χ1) is 7.18. The number of nitrogens with one attached hydrogen (secondary N) is 2. The molecule has 0 aliphatic carbocycles. The van der Waals surface area contributed by atoms with Crippen LogP contribution >= 0.6 is 0 Å². The third-order valence-corrected chi connectivity index (χ3v) is 2.72. The Morgan fingerprint density at radius 2 is 2.40 bits per heavy atom. The lowest BCUT2D eigenvalue weighted by Gasteiger charge is -2.08. The largest absolute Gasteiger partial charge is 0.368 e. The Labute approximate surface area is 88.2 Å². The number of aryl methyl sites for hydroxylation is 1. The van der Waals surface area contributed by atoms with E-state index in [2.05, 4.69) is 15.5 Å². The Hall–Kier alpha value is -1.36. The van der Waals surface area contributed by atoms with Gasteiger partial charge in [-0.3, -0.25) is 9.89 Å². The number of carbonyl (C=O) groups is 1. The second-order valence-electron chi connectivity index (χ2n) is 3.81. The van der Waals surface area contributed by atoms with Crippen LogP contribution in [0.4, 0.5) is 5.82 Å². The molecule has 1 amide bonds. The first-order valence-electron chi connectivity index (χ1n) is 5.12. The van der Waals surface area contributed by atoms with Crippen molar-refractivity contribution in [1.29, 1.82) is 0 Å². The maximum Gasteiger partial charge on any atom is 0.254 e. The fourth-order valence-electron chi connectivity index (χ4n) is 1.59. The monoisotopic (exact) mass is 209 g/mol. The van der Waals surface area contributed by atoms with Gasteiger partial charge in [-0.15, -0.1) is 0 Å². The molecule has 0 radical (unpaired) electrons. The van der Waals surface area contributed by atoms with Crippen LogP contribution in [0.5, 0.6) is 0 Å². The van der Waals surface area contributed by atoms with Crippen LogP contribution < -0.4 is 5.32 Å². The second kappa shape index (κ2) is 4.02. The molecule has 0 aromatic carbocycles. The topological polar surface area (TPSA) is 67.0 Å². The van der Waals surface area contributed by atoms with Crippen molar-refractivity contribution >= 4 is 11.7 Å². The molecule has 2 N–H and O–H groups in total. The average Bonchev–Trinajstić information content (AvgIpc) is 2.83.